The quantitative estimate of drug-likeness (QED) is 0.657. The Labute approximate surface area is 98.8 Å². The van der Waals surface area contributed by atoms with Gasteiger partial charge >= 0.3 is 0 Å². The first-order valence-electron chi connectivity index (χ1n) is 5.51. The Bertz CT molecular complexity index is 445. The van der Waals surface area contributed by atoms with Crippen LogP contribution in [0.2, 0.25) is 0 Å². The number of rotatable bonds is 3. The minimum atomic E-state index is -0.368. The Kier molecular flexibility index (Phi) is 3.39. The minimum absolute atomic E-state index is 0.201. The summed E-state index contributed by atoms with van der Waals surface area (Å²) in [6.45, 7) is 0.402. The first kappa shape index (κ1) is 11.6. The molecule has 0 spiro atoms. The standard InChI is InChI=1S/C12H14N2O3/c15-10-4-2-1-3-8(10)7-13-9-5-6-11(16)14-12(9)17/h1-4,9,13,15H,5-7H2,(H,14,16,17). The summed E-state index contributed by atoms with van der Waals surface area (Å²) in [5.41, 5.74) is 0.734. The number of phenolic OH excluding ortho intramolecular Hbond substituents is 1. The molecular formula is C12H14N2O3. The van der Waals surface area contributed by atoms with E-state index in [-0.39, 0.29) is 23.6 Å². The third kappa shape index (κ3) is 2.82. The van der Waals surface area contributed by atoms with Gasteiger partial charge < -0.3 is 10.4 Å². The second-order valence-electron chi connectivity index (χ2n) is 4.01. The molecule has 1 fully saturated rings. The highest BCUT2D eigenvalue weighted by Crippen LogP contribution is 2.15. The van der Waals surface area contributed by atoms with Crippen molar-refractivity contribution >= 4 is 11.8 Å². The lowest BCUT2D eigenvalue weighted by molar-refractivity contribution is -0.134. The average Bonchev–Trinajstić information content (AvgIpc) is 2.30. The average molecular weight is 234 g/mol. The predicted molar refractivity (Wildman–Crippen MR) is 61.1 cm³/mol. The van der Waals surface area contributed by atoms with Crippen molar-refractivity contribution in [3.8, 4) is 5.75 Å². The molecule has 0 aliphatic carbocycles. The van der Waals surface area contributed by atoms with Crippen molar-refractivity contribution in [1.82, 2.24) is 10.6 Å². The molecule has 5 nitrogen and oxygen atoms in total. The molecule has 1 aromatic rings. The molecule has 0 saturated carbocycles. The molecule has 1 unspecified atom stereocenters. The van der Waals surface area contributed by atoms with E-state index in [0.717, 1.165) is 5.56 Å². The molecule has 1 aliphatic rings. The highest BCUT2D eigenvalue weighted by Gasteiger charge is 2.25. The van der Waals surface area contributed by atoms with E-state index in [4.69, 9.17) is 0 Å². The molecule has 2 rings (SSSR count). The van der Waals surface area contributed by atoms with Crippen LogP contribution in [-0.2, 0) is 16.1 Å². The molecule has 0 bridgehead atoms. The number of hydrogen-bond acceptors (Lipinski definition) is 4. The molecule has 2 amide bonds. The zero-order chi connectivity index (χ0) is 12.3. The lowest BCUT2D eigenvalue weighted by Gasteiger charge is -2.22. The molecular weight excluding hydrogens is 220 g/mol. The summed E-state index contributed by atoms with van der Waals surface area (Å²) in [6, 6.07) is 6.58. The van der Waals surface area contributed by atoms with Crippen LogP contribution >= 0.6 is 0 Å². The van der Waals surface area contributed by atoms with Crippen molar-refractivity contribution in [2.45, 2.75) is 25.4 Å². The second-order valence-corrected chi connectivity index (χ2v) is 4.01. The van der Waals surface area contributed by atoms with E-state index in [9.17, 15) is 14.7 Å². The maximum atomic E-state index is 11.5. The molecule has 0 radical (unpaired) electrons. The maximum Gasteiger partial charge on any atom is 0.243 e. The van der Waals surface area contributed by atoms with E-state index < -0.39 is 0 Å². The van der Waals surface area contributed by atoms with Crippen molar-refractivity contribution < 1.29 is 14.7 Å². The van der Waals surface area contributed by atoms with Crippen LogP contribution < -0.4 is 10.6 Å². The third-order valence-electron chi connectivity index (χ3n) is 2.77. The van der Waals surface area contributed by atoms with Gasteiger partial charge in [0, 0.05) is 18.5 Å². The van der Waals surface area contributed by atoms with Crippen LogP contribution in [0.15, 0.2) is 24.3 Å². The summed E-state index contributed by atoms with van der Waals surface area (Å²) in [7, 11) is 0. The third-order valence-corrected chi connectivity index (χ3v) is 2.77. The summed E-state index contributed by atoms with van der Waals surface area (Å²) < 4.78 is 0. The second kappa shape index (κ2) is 4.97. The molecule has 90 valence electrons. The number of para-hydroxylation sites is 1. The Morgan fingerprint density at radius 1 is 1.35 bits per heavy atom. The minimum Gasteiger partial charge on any atom is -0.508 e. The van der Waals surface area contributed by atoms with E-state index in [0.29, 0.717) is 19.4 Å². The van der Waals surface area contributed by atoms with Gasteiger partial charge in [0.1, 0.15) is 5.75 Å². The van der Waals surface area contributed by atoms with E-state index >= 15 is 0 Å². The molecule has 1 saturated heterocycles. The Balaban J connectivity index is 1.92. The fourth-order valence-corrected chi connectivity index (χ4v) is 1.78. The van der Waals surface area contributed by atoms with Gasteiger partial charge in [0.2, 0.25) is 11.8 Å². The summed E-state index contributed by atoms with van der Waals surface area (Å²) in [6.07, 6.45) is 0.850. The van der Waals surface area contributed by atoms with E-state index in [1.54, 1.807) is 18.2 Å². The highest BCUT2D eigenvalue weighted by atomic mass is 16.3. The Hall–Kier alpha value is -1.88. The monoisotopic (exact) mass is 234 g/mol. The smallest absolute Gasteiger partial charge is 0.243 e. The van der Waals surface area contributed by atoms with Gasteiger partial charge in [0.15, 0.2) is 0 Å². The fourth-order valence-electron chi connectivity index (χ4n) is 1.78. The van der Waals surface area contributed by atoms with Crippen LogP contribution in [0, 0.1) is 0 Å². The Morgan fingerprint density at radius 2 is 2.12 bits per heavy atom. The van der Waals surface area contributed by atoms with E-state index in [2.05, 4.69) is 10.6 Å². The number of benzene rings is 1. The van der Waals surface area contributed by atoms with Crippen LogP contribution in [-0.4, -0.2) is 23.0 Å². The number of piperidine rings is 1. The number of aromatic hydroxyl groups is 1. The number of carbonyl (C=O) groups excluding carboxylic acids is 2. The van der Waals surface area contributed by atoms with Crippen molar-refractivity contribution in [3.05, 3.63) is 29.8 Å². The van der Waals surface area contributed by atoms with Crippen LogP contribution in [0.1, 0.15) is 18.4 Å². The number of hydrogen-bond donors (Lipinski definition) is 3. The Morgan fingerprint density at radius 3 is 2.82 bits per heavy atom. The lowest BCUT2D eigenvalue weighted by atomic mass is 10.1. The van der Waals surface area contributed by atoms with E-state index in [1.165, 1.54) is 0 Å². The summed E-state index contributed by atoms with van der Waals surface area (Å²) >= 11 is 0. The maximum absolute atomic E-state index is 11.5. The van der Waals surface area contributed by atoms with Gasteiger partial charge in [-0.15, -0.1) is 0 Å². The summed E-state index contributed by atoms with van der Waals surface area (Å²) in [5, 5.41) is 14.9. The molecule has 1 heterocycles. The van der Waals surface area contributed by atoms with Crippen molar-refractivity contribution in [2.75, 3.05) is 0 Å². The van der Waals surface area contributed by atoms with Crippen molar-refractivity contribution in [2.24, 2.45) is 0 Å². The number of imide groups is 1. The number of amides is 2. The highest BCUT2D eigenvalue weighted by molar-refractivity contribution is 6.00. The molecule has 17 heavy (non-hydrogen) atoms. The largest absolute Gasteiger partial charge is 0.508 e. The SMILES string of the molecule is O=C1CCC(NCc2ccccc2O)C(=O)N1. The van der Waals surface area contributed by atoms with Gasteiger partial charge in [-0.05, 0) is 12.5 Å². The molecule has 1 aliphatic heterocycles. The van der Waals surface area contributed by atoms with Crippen molar-refractivity contribution in [1.29, 1.82) is 0 Å². The zero-order valence-corrected chi connectivity index (χ0v) is 9.27. The van der Waals surface area contributed by atoms with Gasteiger partial charge in [0.05, 0.1) is 6.04 Å². The molecule has 1 atom stereocenters. The normalized spacial score (nSPS) is 20.1. The molecule has 0 aromatic heterocycles. The van der Waals surface area contributed by atoms with Gasteiger partial charge in [-0.3, -0.25) is 14.9 Å². The van der Waals surface area contributed by atoms with Gasteiger partial charge in [-0.25, -0.2) is 0 Å². The van der Waals surface area contributed by atoms with Gasteiger partial charge in [-0.1, -0.05) is 18.2 Å². The molecule has 5 heteroatoms. The van der Waals surface area contributed by atoms with E-state index in [1.807, 2.05) is 6.07 Å². The number of phenols is 1. The topological polar surface area (TPSA) is 78.4 Å². The van der Waals surface area contributed by atoms with Crippen LogP contribution in [0.3, 0.4) is 0 Å². The zero-order valence-electron chi connectivity index (χ0n) is 9.27. The van der Waals surface area contributed by atoms with Gasteiger partial charge in [-0.2, -0.15) is 0 Å². The van der Waals surface area contributed by atoms with Crippen LogP contribution in [0.4, 0.5) is 0 Å². The first-order valence-corrected chi connectivity index (χ1v) is 5.51. The summed E-state index contributed by atoms with van der Waals surface area (Å²) in [5.74, 6) is -0.320. The fraction of sp³-hybridized carbons (Fsp3) is 0.333. The molecule has 3 N–H and O–H groups in total. The summed E-state index contributed by atoms with van der Waals surface area (Å²) in [4.78, 5) is 22.4. The predicted octanol–water partition coefficient (Wildman–Crippen LogP) is 0.287. The number of carbonyl (C=O) groups is 2. The first-order chi connectivity index (χ1) is 8.16. The van der Waals surface area contributed by atoms with Crippen LogP contribution in [0.25, 0.3) is 0 Å². The van der Waals surface area contributed by atoms with Gasteiger partial charge in [0.25, 0.3) is 0 Å². The van der Waals surface area contributed by atoms with Crippen LogP contribution in [0.5, 0.6) is 5.75 Å². The molecule has 1 aromatic carbocycles. The number of nitrogens with one attached hydrogen (secondary N) is 2. The van der Waals surface area contributed by atoms with Crippen molar-refractivity contribution in [3.63, 3.8) is 0 Å². The lowest BCUT2D eigenvalue weighted by Crippen LogP contribution is -2.50.